The number of hydrogen-bond donors (Lipinski definition) is 2. The number of nitrogens with zero attached hydrogens (tertiary/aromatic N) is 1. The lowest BCUT2D eigenvalue weighted by Crippen LogP contribution is -2.36. The Kier molecular flexibility index (Phi) is 8.26. The van der Waals surface area contributed by atoms with Crippen molar-refractivity contribution in [3.05, 3.63) is 0 Å². The molecule has 0 fully saturated rings. The van der Waals surface area contributed by atoms with Gasteiger partial charge in [0.2, 0.25) is 0 Å². The predicted molar refractivity (Wildman–Crippen MR) is 71.9 cm³/mol. The molecule has 0 heterocycles. The van der Waals surface area contributed by atoms with Gasteiger partial charge in [-0.15, -0.1) is 0 Å². The molecule has 0 spiro atoms. The molecule has 16 heavy (non-hydrogen) atoms. The van der Waals surface area contributed by atoms with E-state index in [1.54, 1.807) is 0 Å². The standard InChI is InChI=1S/C13H29N3/c1-5-7-8-12(6-2)10-16(4)11(3)9-13(14)15/h11-12H,5-10H2,1-4H3,(H3,14,15). The minimum Gasteiger partial charge on any atom is -0.388 e. The number of unbranched alkanes of at least 4 members (excludes halogenated alkanes) is 1. The Morgan fingerprint density at radius 1 is 1.38 bits per heavy atom. The highest BCUT2D eigenvalue weighted by atomic mass is 15.1. The Morgan fingerprint density at radius 2 is 2.00 bits per heavy atom. The van der Waals surface area contributed by atoms with Crippen LogP contribution in [0.2, 0.25) is 0 Å². The van der Waals surface area contributed by atoms with Crippen LogP contribution < -0.4 is 5.73 Å². The predicted octanol–water partition coefficient (Wildman–Crippen LogP) is 2.85. The van der Waals surface area contributed by atoms with E-state index in [2.05, 4.69) is 32.7 Å². The van der Waals surface area contributed by atoms with Crippen molar-refractivity contribution >= 4 is 5.84 Å². The summed E-state index contributed by atoms with van der Waals surface area (Å²) in [5.41, 5.74) is 5.43. The molecule has 3 nitrogen and oxygen atoms in total. The van der Waals surface area contributed by atoms with Crippen LogP contribution in [0.3, 0.4) is 0 Å². The van der Waals surface area contributed by atoms with Crippen molar-refractivity contribution in [1.29, 1.82) is 5.41 Å². The summed E-state index contributed by atoms with van der Waals surface area (Å²) < 4.78 is 0. The van der Waals surface area contributed by atoms with Crippen LogP contribution in [0.1, 0.15) is 52.9 Å². The summed E-state index contributed by atoms with van der Waals surface area (Å²) >= 11 is 0. The van der Waals surface area contributed by atoms with Gasteiger partial charge < -0.3 is 10.6 Å². The van der Waals surface area contributed by atoms with E-state index >= 15 is 0 Å². The molecular weight excluding hydrogens is 198 g/mol. The first-order valence-corrected chi connectivity index (χ1v) is 6.54. The van der Waals surface area contributed by atoms with Crippen LogP contribution in [-0.2, 0) is 0 Å². The summed E-state index contributed by atoms with van der Waals surface area (Å²) in [5, 5.41) is 7.31. The molecule has 96 valence electrons. The minimum absolute atomic E-state index is 0.293. The third-order valence-corrected chi connectivity index (χ3v) is 3.36. The van der Waals surface area contributed by atoms with Gasteiger partial charge in [0, 0.05) is 19.0 Å². The van der Waals surface area contributed by atoms with E-state index in [9.17, 15) is 0 Å². The molecule has 0 aromatic rings. The third-order valence-electron chi connectivity index (χ3n) is 3.36. The van der Waals surface area contributed by atoms with Crippen molar-refractivity contribution in [2.24, 2.45) is 11.7 Å². The second-order valence-corrected chi connectivity index (χ2v) is 4.93. The molecule has 2 unspecified atom stereocenters. The summed E-state index contributed by atoms with van der Waals surface area (Å²) in [5.74, 6) is 1.08. The van der Waals surface area contributed by atoms with Crippen molar-refractivity contribution in [1.82, 2.24) is 4.90 Å². The maximum atomic E-state index is 7.31. The summed E-state index contributed by atoms with van der Waals surface area (Å²) in [6.07, 6.45) is 5.86. The molecular formula is C13H29N3. The molecule has 0 aliphatic rings. The quantitative estimate of drug-likeness (QED) is 0.470. The van der Waals surface area contributed by atoms with Gasteiger partial charge in [-0.3, -0.25) is 5.41 Å². The molecule has 0 saturated carbocycles. The van der Waals surface area contributed by atoms with Gasteiger partial charge in [0.05, 0.1) is 5.84 Å². The van der Waals surface area contributed by atoms with Crippen molar-refractivity contribution in [3.63, 3.8) is 0 Å². The molecule has 0 aliphatic carbocycles. The van der Waals surface area contributed by atoms with E-state index in [1.807, 2.05) is 0 Å². The van der Waals surface area contributed by atoms with Gasteiger partial charge in [0.25, 0.3) is 0 Å². The molecule has 3 N–H and O–H groups in total. The molecule has 0 saturated heterocycles. The van der Waals surface area contributed by atoms with Gasteiger partial charge >= 0.3 is 0 Å². The number of rotatable bonds is 9. The van der Waals surface area contributed by atoms with E-state index in [0.29, 0.717) is 18.3 Å². The number of nitrogens with one attached hydrogen (secondary N) is 1. The van der Waals surface area contributed by atoms with E-state index in [-0.39, 0.29) is 0 Å². The third kappa shape index (κ3) is 6.83. The van der Waals surface area contributed by atoms with Gasteiger partial charge in [0.1, 0.15) is 0 Å². The SMILES string of the molecule is CCCCC(CC)CN(C)C(C)CC(=N)N. The van der Waals surface area contributed by atoms with E-state index in [0.717, 1.165) is 12.5 Å². The van der Waals surface area contributed by atoms with E-state index in [1.165, 1.54) is 25.7 Å². The van der Waals surface area contributed by atoms with E-state index < -0.39 is 0 Å². The topological polar surface area (TPSA) is 53.1 Å². The van der Waals surface area contributed by atoms with Gasteiger partial charge in [-0.05, 0) is 26.3 Å². The van der Waals surface area contributed by atoms with Crippen molar-refractivity contribution in [2.75, 3.05) is 13.6 Å². The Hall–Kier alpha value is -0.570. The van der Waals surface area contributed by atoms with Crippen LogP contribution in [0.5, 0.6) is 0 Å². The smallest absolute Gasteiger partial charge is 0.0920 e. The minimum atomic E-state index is 0.293. The van der Waals surface area contributed by atoms with Crippen LogP contribution in [0.25, 0.3) is 0 Å². The number of nitrogens with two attached hydrogens (primary N) is 1. The van der Waals surface area contributed by atoms with Crippen LogP contribution in [0, 0.1) is 11.3 Å². The monoisotopic (exact) mass is 227 g/mol. The Morgan fingerprint density at radius 3 is 2.44 bits per heavy atom. The molecule has 0 bridgehead atoms. The molecule has 0 rings (SSSR count). The lowest BCUT2D eigenvalue weighted by Gasteiger charge is -2.28. The Balaban J connectivity index is 3.97. The number of amidine groups is 1. The second kappa shape index (κ2) is 8.57. The van der Waals surface area contributed by atoms with Gasteiger partial charge in [-0.1, -0.05) is 33.1 Å². The van der Waals surface area contributed by atoms with Crippen molar-refractivity contribution in [2.45, 2.75) is 58.9 Å². The largest absolute Gasteiger partial charge is 0.388 e. The molecule has 0 aromatic carbocycles. The fourth-order valence-corrected chi connectivity index (χ4v) is 1.98. The first kappa shape index (κ1) is 15.4. The van der Waals surface area contributed by atoms with Crippen LogP contribution >= 0.6 is 0 Å². The van der Waals surface area contributed by atoms with Gasteiger partial charge in [0.15, 0.2) is 0 Å². The maximum Gasteiger partial charge on any atom is 0.0920 e. The first-order valence-electron chi connectivity index (χ1n) is 6.54. The first-order chi connectivity index (χ1) is 7.51. The highest BCUT2D eigenvalue weighted by Gasteiger charge is 2.14. The summed E-state index contributed by atoms with van der Waals surface area (Å²) in [7, 11) is 2.14. The fraction of sp³-hybridized carbons (Fsp3) is 0.923. The Bertz CT molecular complexity index is 192. The molecule has 2 atom stereocenters. The normalized spacial score (nSPS) is 15.1. The summed E-state index contributed by atoms with van der Waals surface area (Å²) in [4.78, 5) is 2.34. The van der Waals surface area contributed by atoms with Crippen molar-refractivity contribution in [3.8, 4) is 0 Å². The van der Waals surface area contributed by atoms with Gasteiger partial charge in [-0.25, -0.2) is 0 Å². The van der Waals surface area contributed by atoms with Gasteiger partial charge in [-0.2, -0.15) is 0 Å². The Labute approximate surface area is 101 Å². The summed E-state index contributed by atoms with van der Waals surface area (Å²) in [6, 6.07) is 0.383. The lowest BCUT2D eigenvalue weighted by atomic mass is 9.98. The number of hydrogen-bond acceptors (Lipinski definition) is 2. The molecule has 0 aliphatic heterocycles. The zero-order chi connectivity index (χ0) is 12.6. The average molecular weight is 227 g/mol. The van der Waals surface area contributed by atoms with Crippen LogP contribution in [-0.4, -0.2) is 30.4 Å². The second-order valence-electron chi connectivity index (χ2n) is 4.93. The maximum absolute atomic E-state index is 7.31. The molecule has 0 aromatic heterocycles. The lowest BCUT2D eigenvalue weighted by molar-refractivity contribution is 0.210. The zero-order valence-electron chi connectivity index (χ0n) is 11.4. The van der Waals surface area contributed by atoms with E-state index in [4.69, 9.17) is 11.1 Å². The molecule has 3 heteroatoms. The highest BCUT2D eigenvalue weighted by Crippen LogP contribution is 2.15. The fourth-order valence-electron chi connectivity index (χ4n) is 1.98. The molecule has 0 radical (unpaired) electrons. The van der Waals surface area contributed by atoms with Crippen LogP contribution in [0.4, 0.5) is 0 Å². The zero-order valence-corrected chi connectivity index (χ0v) is 11.4. The van der Waals surface area contributed by atoms with Crippen molar-refractivity contribution < 1.29 is 0 Å². The highest BCUT2D eigenvalue weighted by molar-refractivity contribution is 5.77. The molecule has 0 amide bonds. The average Bonchev–Trinajstić information content (AvgIpc) is 2.22. The summed E-state index contributed by atoms with van der Waals surface area (Å²) in [6.45, 7) is 7.79. The van der Waals surface area contributed by atoms with Crippen LogP contribution in [0.15, 0.2) is 0 Å².